The van der Waals surface area contributed by atoms with Crippen LogP contribution in [0.4, 0.5) is 0 Å². The van der Waals surface area contributed by atoms with Crippen molar-refractivity contribution in [2.45, 2.75) is 5.60 Å². The molecule has 0 aliphatic rings. The molecule has 2 aromatic rings. The van der Waals surface area contributed by atoms with Crippen LogP contribution in [0.1, 0.15) is 11.1 Å². The number of rotatable bonds is 2. The Morgan fingerprint density at radius 1 is 1.06 bits per heavy atom. The normalized spacial score (nSPS) is 13.3. The van der Waals surface area contributed by atoms with E-state index >= 15 is 0 Å². The van der Waals surface area contributed by atoms with Gasteiger partial charge in [0, 0.05) is 44.5 Å². The predicted molar refractivity (Wildman–Crippen MR) is 75.4 cm³/mol. The summed E-state index contributed by atoms with van der Waals surface area (Å²) in [6.45, 7) is 0. The zero-order valence-corrected chi connectivity index (χ0v) is 11.6. The molecule has 1 aromatic heterocycles. The van der Waals surface area contributed by atoms with Crippen molar-refractivity contribution in [2.75, 3.05) is 0 Å². The molecule has 0 aliphatic carbocycles. The van der Waals surface area contributed by atoms with Crippen LogP contribution in [0.15, 0.2) is 48.8 Å². The molecule has 0 saturated heterocycles. The highest BCUT2D eigenvalue weighted by atomic mass is 79.9. The Morgan fingerprint density at radius 2 is 1.61 bits per heavy atom. The summed E-state index contributed by atoms with van der Waals surface area (Å²) < 4.78 is 0. The minimum Gasteiger partial charge on any atom is -0.369 e. The van der Waals surface area contributed by atoms with E-state index < -0.39 is 5.60 Å². The molecular weight excluding hydrogens is 314 g/mol. The SMILES string of the molecule is OC(C#CBr)(c1ccncc1)c1ccc(Cl)cc1. The lowest BCUT2D eigenvalue weighted by Crippen LogP contribution is -2.25. The number of benzene rings is 1. The van der Waals surface area contributed by atoms with Crippen molar-refractivity contribution >= 4 is 27.5 Å². The fourth-order valence-corrected chi connectivity index (χ4v) is 2.08. The van der Waals surface area contributed by atoms with E-state index in [1.54, 1.807) is 48.8 Å². The molecule has 0 saturated carbocycles. The molecule has 1 aromatic carbocycles. The molecule has 2 nitrogen and oxygen atoms in total. The van der Waals surface area contributed by atoms with Gasteiger partial charge in [-0.25, -0.2) is 0 Å². The van der Waals surface area contributed by atoms with Gasteiger partial charge in [-0.3, -0.25) is 4.98 Å². The molecule has 0 radical (unpaired) electrons. The fourth-order valence-electron chi connectivity index (χ4n) is 1.66. The second-order valence-corrected chi connectivity index (χ2v) is 4.51. The van der Waals surface area contributed by atoms with Crippen molar-refractivity contribution < 1.29 is 5.11 Å². The minimum absolute atomic E-state index is 0.614. The topological polar surface area (TPSA) is 33.1 Å². The van der Waals surface area contributed by atoms with Crippen molar-refractivity contribution in [3.8, 4) is 10.8 Å². The summed E-state index contributed by atoms with van der Waals surface area (Å²) in [6.07, 6.45) is 3.23. The van der Waals surface area contributed by atoms with Gasteiger partial charge in [0.2, 0.25) is 0 Å². The summed E-state index contributed by atoms with van der Waals surface area (Å²) in [5.41, 5.74) is -0.0614. The van der Waals surface area contributed by atoms with Gasteiger partial charge in [-0.05, 0) is 35.0 Å². The monoisotopic (exact) mass is 321 g/mol. The van der Waals surface area contributed by atoms with Gasteiger partial charge >= 0.3 is 0 Å². The first-order valence-electron chi connectivity index (χ1n) is 5.18. The Balaban J connectivity index is 2.57. The molecule has 0 bridgehead atoms. The van der Waals surface area contributed by atoms with Crippen LogP contribution in [-0.2, 0) is 5.60 Å². The van der Waals surface area contributed by atoms with Gasteiger partial charge in [0.05, 0.1) is 0 Å². The minimum atomic E-state index is -1.38. The molecular formula is C14H9BrClNO. The van der Waals surface area contributed by atoms with Crippen molar-refractivity contribution in [1.82, 2.24) is 4.98 Å². The second-order valence-electron chi connectivity index (χ2n) is 3.67. The van der Waals surface area contributed by atoms with Crippen molar-refractivity contribution in [2.24, 2.45) is 0 Å². The molecule has 4 heteroatoms. The lowest BCUT2D eigenvalue weighted by atomic mass is 9.88. The number of aliphatic hydroxyl groups is 1. The standard InChI is InChI=1S/C14H9BrClNO/c15-8-7-14(18,12-5-9-17-10-6-12)11-1-3-13(16)4-2-11/h1-6,9-10,18H. The zero-order valence-electron chi connectivity index (χ0n) is 9.27. The van der Waals surface area contributed by atoms with Gasteiger partial charge < -0.3 is 5.11 Å². The maximum absolute atomic E-state index is 10.8. The van der Waals surface area contributed by atoms with E-state index in [1.165, 1.54) is 0 Å². The van der Waals surface area contributed by atoms with Crippen LogP contribution < -0.4 is 0 Å². The summed E-state index contributed by atoms with van der Waals surface area (Å²) in [5, 5.41) is 11.4. The largest absolute Gasteiger partial charge is 0.369 e. The highest BCUT2D eigenvalue weighted by molar-refractivity contribution is 9.12. The van der Waals surface area contributed by atoms with Gasteiger partial charge in [0.15, 0.2) is 5.60 Å². The van der Waals surface area contributed by atoms with Crippen LogP contribution in [0.5, 0.6) is 0 Å². The van der Waals surface area contributed by atoms with Crippen LogP contribution in [0.25, 0.3) is 0 Å². The quantitative estimate of drug-likeness (QED) is 0.860. The lowest BCUT2D eigenvalue weighted by molar-refractivity contribution is 0.145. The highest BCUT2D eigenvalue weighted by Gasteiger charge is 2.29. The Hall–Kier alpha value is -1.34. The molecule has 0 fully saturated rings. The summed E-state index contributed by atoms with van der Waals surface area (Å²) in [5.74, 6) is 2.76. The number of hydrogen-bond donors (Lipinski definition) is 1. The molecule has 1 unspecified atom stereocenters. The maximum Gasteiger partial charge on any atom is 0.177 e. The van der Waals surface area contributed by atoms with E-state index in [9.17, 15) is 5.11 Å². The maximum atomic E-state index is 10.8. The summed E-state index contributed by atoms with van der Waals surface area (Å²) >= 11 is 8.88. The number of hydrogen-bond acceptors (Lipinski definition) is 2. The van der Waals surface area contributed by atoms with Crippen LogP contribution in [-0.4, -0.2) is 10.1 Å². The first kappa shape index (κ1) is 13.1. The smallest absolute Gasteiger partial charge is 0.177 e. The Kier molecular flexibility index (Phi) is 4.03. The zero-order chi connectivity index (χ0) is 13.0. The summed E-state index contributed by atoms with van der Waals surface area (Å²) in [7, 11) is 0. The van der Waals surface area contributed by atoms with Crippen LogP contribution in [0, 0.1) is 10.8 Å². The highest BCUT2D eigenvalue weighted by Crippen LogP contribution is 2.29. The van der Waals surface area contributed by atoms with E-state index in [0.717, 1.165) is 0 Å². The number of pyridine rings is 1. The van der Waals surface area contributed by atoms with E-state index in [2.05, 4.69) is 31.7 Å². The number of aromatic nitrogens is 1. The van der Waals surface area contributed by atoms with Gasteiger partial charge in [-0.1, -0.05) is 23.7 Å². The van der Waals surface area contributed by atoms with Crippen LogP contribution in [0.3, 0.4) is 0 Å². The Labute approximate surface area is 119 Å². The molecule has 1 heterocycles. The molecule has 0 spiro atoms. The third-order valence-electron chi connectivity index (χ3n) is 2.59. The Bertz CT molecular complexity index is 589. The van der Waals surface area contributed by atoms with Crippen molar-refractivity contribution in [1.29, 1.82) is 0 Å². The molecule has 0 amide bonds. The average molecular weight is 323 g/mol. The van der Waals surface area contributed by atoms with Gasteiger partial charge in [-0.15, -0.1) is 0 Å². The average Bonchev–Trinajstić information content (AvgIpc) is 2.40. The number of nitrogens with zero attached hydrogens (tertiary/aromatic N) is 1. The predicted octanol–water partition coefficient (Wildman–Crippen LogP) is 3.33. The number of halogens is 2. The lowest BCUT2D eigenvalue weighted by Gasteiger charge is -2.23. The molecule has 1 atom stereocenters. The second kappa shape index (κ2) is 5.53. The van der Waals surface area contributed by atoms with Gasteiger partial charge in [0.25, 0.3) is 0 Å². The van der Waals surface area contributed by atoms with E-state index in [4.69, 9.17) is 11.6 Å². The first-order valence-corrected chi connectivity index (χ1v) is 6.35. The molecule has 18 heavy (non-hydrogen) atoms. The van der Waals surface area contributed by atoms with E-state index in [0.29, 0.717) is 16.1 Å². The van der Waals surface area contributed by atoms with Crippen molar-refractivity contribution in [3.05, 3.63) is 64.9 Å². The summed E-state index contributed by atoms with van der Waals surface area (Å²) in [4.78, 5) is 6.51. The molecule has 2 rings (SSSR count). The molecule has 90 valence electrons. The van der Waals surface area contributed by atoms with Crippen LogP contribution >= 0.6 is 27.5 Å². The van der Waals surface area contributed by atoms with Crippen molar-refractivity contribution in [3.63, 3.8) is 0 Å². The third-order valence-corrected chi connectivity index (χ3v) is 3.04. The van der Waals surface area contributed by atoms with E-state index in [1.807, 2.05) is 0 Å². The van der Waals surface area contributed by atoms with Crippen LogP contribution in [0.2, 0.25) is 5.02 Å². The first-order chi connectivity index (χ1) is 8.66. The van der Waals surface area contributed by atoms with E-state index in [-0.39, 0.29) is 0 Å². The van der Waals surface area contributed by atoms with Gasteiger partial charge in [0.1, 0.15) is 0 Å². The third kappa shape index (κ3) is 2.56. The van der Waals surface area contributed by atoms with Gasteiger partial charge in [-0.2, -0.15) is 0 Å². The summed E-state index contributed by atoms with van der Waals surface area (Å²) in [6, 6.07) is 10.4. The Morgan fingerprint density at radius 3 is 2.17 bits per heavy atom. The fraction of sp³-hybridized carbons (Fsp3) is 0.0714. The molecule has 1 N–H and O–H groups in total. The molecule has 0 aliphatic heterocycles.